The van der Waals surface area contributed by atoms with Crippen LogP contribution in [0.1, 0.15) is 30.5 Å². The number of aromatic nitrogens is 2. The average molecular weight is 580 g/mol. The van der Waals surface area contributed by atoms with Crippen molar-refractivity contribution in [2.24, 2.45) is 0 Å². The van der Waals surface area contributed by atoms with Gasteiger partial charge in [-0.3, -0.25) is 9.36 Å². The largest absolute Gasteiger partial charge is 0.433 e. The van der Waals surface area contributed by atoms with Gasteiger partial charge in [-0.1, -0.05) is 42.8 Å². The molecular formula is C27H32F3N3O4SSi. The van der Waals surface area contributed by atoms with Gasteiger partial charge in [-0.2, -0.15) is 13.2 Å². The Morgan fingerprint density at radius 3 is 2.77 bits per heavy atom. The first-order valence-electron chi connectivity index (χ1n) is 12.8. The molecule has 1 saturated heterocycles. The van der Waals surface area contributed by atoms with E-state index in [0.717, 1.165) is 42.7 Å². The van der Waals surface area contributed by atoms with E-state index in [1.165, 1.54) is 6.07 Å². The Morgan fingerprint density at radius 1 is 1.23 bits per heavy atom. The van der Waals surface area contributed by atoms with E-state index in [0.29, 0.717) is 29.1 Å². The minimum Gasteiger partial charge on any atom is -0.361 e. The van der Waals surface area contributed by atoms with Crippen LogP contribution in [0.25, 0.3) is 10.2 Å². The molecule has 210 valence electrons. The average Bonchev–Trinajstić information content (AvgIpc) is 3.18. The molecule has 1 fully saturated rings. The second-order valence-electron chi connectivity index (χ2n) is 10.5. The molecule has 7 nitrogen and oxygen atoms in total. The molecule has 12 heteroatoms. The van der Waals surface area contributed by atoms with Crippen molar-refractivity contribution in [2.75, 3.05) is 25.1 Å². The molecule has 0 spiro atoms. The van der Waals surface area contributed by atoms with Gasteiger partial charge in [0.1, 0.15) is 24.8 Å². The van der Waals surface area contributed by atoms with Crippen LogP contribution in [-0.2, 0) is 27.1 Å². The molecule has 0 aliphatic carbocycles. The van der Waals surface area contributed by atoms with Crippen LogP contribution in [0, 0.1) is 11.8 Å². The van der Waals surface area contributed by atoms with Gasteiger partial charge < -0.3 is 19.5 Å². The second-order valence-corrected chi connectivity index (χ2v) is 17.1. The summed E-state index contributed by atoms with van der Waals surface area (Å²) in [6.45, 7) is 8.23. The molecule has 4 rings (SSSR count). The molecule has 2 aromatic heterocycles. The summed E-state index contributed by atoms with van der Waals surface area (Å²) in [5.74, 6) is 5.66. The Balaban J connectivity index is 1.52. The standard InChI is InChI=1S/C27H32F3N3O4SSi/c1-39(2,3)16-15-35-18-33-21-11-10-20(17-22(21)38-26(33)34)31-25-19(9-12-23(32-25)27(28,29)30)7-6-14-37-24-8-4-5-13-36-24/h9-12,17,24H,4-5,8,13-16,18H2,1-3H3,(H,31,32). The molecule has 0 saturated carbocycles. The number of halogens is 3. The number of ether oxygens (including phenoxy) is 3. The summed E-state index contributed by atoms with van der Waals surface area (Å²) >= 11 is 1.05. The number of nitrogens with zero attached hydrogens (tertiary/aromatic N) is 2. The Hall–Kier alpha value is -2.69. The van der Waals surface area contributed by atoms with Gasteiger partial charge in [0.2, 0.25) is 0 Å². The molecule has 1 N–H and O–H groups in total. The number of hydrogen-bond donors (Lipinski definition) is 1. The molecular weight excluding hydrogens is 547 g/mol. The Kier molecular flexibility index (Phi) is 9.50. The molecule has 0 bridgehead atoms. The predicted molar refractivity (Wildman–Crippen MR) is 149 cm³/mol. The number of rotatable bonds is 9. The van der Waals surface area contributed by atoms with E-state index in [2.05, 4.69) is 41.8 Å². The van der Waals surface area contributed by atoms with E-state index in [-0.39, 0.29) is 35.9 Å². The topological polar surface area (TPSA) is 74.6 Å². The molecule has 3 aromatic rings. The van der Waals surface area contributed by atoms with Crippen molar-refractivity contribution in [1.29, 1.82) is 0 Å². The van der Waals surface area contributed by atoms with Crippen LogP contribution in [-0.4, -0.2) is 43.7 Å². The monoisotopic (exact) mass is 579 g/mol. The first kappa shape index (κ1) is 29.3. The maximum atomic E-state index is 13.4. The van der Waals surface area contributed by atoms with Gasteiger partial charge in [0.25, 0.3) is 0 Å². The van der Waals surface area contributed by atoms with Gasteiger partial charge in [-0.15, -0.1) is 0 Å². The lowest BCUT2D eigenvalue weighted by Crippen LogP contribution is -2.23. The van der Waals surface area contributed by atoms with Gasteiger partial charge in [-0.05, 0) is 55.6 Å². The van der Waals surface area contributed by atoms with Gasteiger partial charge >= 0.3 is 11.0 Å². The minimum atomic E-state index is -4.61. The van der Waals surface area contributed by atoms with E-state index in [4.69, 9.17) is 14.2 Å². The van der Waals surface area contributed by atoms with Gasteiger partial charge in [-0.25, -0.2) is 4.98 Å². The van der Waals surface area contributed by atoms with Crippen LogP contribution >= 0.6 is 11.3 Å². The molecule has 1 aliphatic heterocycles. The third-order valence-corrected chi connectivity index (χ3v) is 8.68. The fourth-order valence-electron chi connectivity index (χ4n) is 3.86. The zero-order valence-corrected chi connectivity index (χ0v) is 24.0. The van der Waals surface area contributed by atoms with Crippen LogP contribution in [0.2, 0.25) is 25.7 Å². The first-order chi connectivity index (χ1) is 18.5. The Labute approximate surface area is 230 Å². The zero-order chi connectivity index (χ0) is 28.0. The van der Waals surface area contributed by atoms with E-state index in [1.807, 2.05) is 0 Å². The quantitative estimate of drug-likeness (QED) is 0.179. The maximum Gasteiger partial charge on any atom is 0.433 e. The number of hydrogen-bond acceptors (Lipinski definition) is 7. The third-order valence-electron chi connectivity index (χ3n) is 6.04. The van der Waals surface area contributed by atoms with Crippen LogP contribution in [0.5, 0.6) is 0 Å². The van der Waals surface area contributed by atoms with E-state index < -0.39 is 19.9 Å². The van der Waals surface area contributed by atoms with Crippen LogP contribution in [0.4, 0.5) is 24.7 Å². The molecule has 0 amide bonds. The summed E-state index contributed by atoms with van der Waals surface area (Å²) in [5, 5.41) is 2.95. The first-order valence-corrected chi connectivity index (χ1v) is 17.3. The number of pyridine rings is 1. The summed E-state index contributed by atoms with van der Waals surface area (Å²) in [7, 11) is -1.25. The van der Waals surface area contributed by atoms with Crippen molar-refractivity contribution < 1.29 is 27.4 Å². The zero-order valence-electron chi connectivity index (χ0n) is 22.2. The minimum absolute atomic E-state index is 0.0351. The highest BCUT2D eigenvalue weighted by molar-refractivity contribution is 7.16. The Morgan fingerprint density at radius 2 is 2.05 bits per heavy atom. The Bertz CT molecular complexity index is 1400. The summed E-state index contributed by atoms with van der Waals surface area (Å²) in [5.41, 5.74) is 0.438. The van der Waals surface area contributed by atoms with Gasteiger partial charge in [0.05, 0.1) is 15.8 Å². The SMILES string of the molecule is C[Si](C)(C)CCOCn1c(=O)sc2cc(Nc3nc(C(F)(F)F)ccc3C#CCOC3CCCCO3)ccc21. The number of fused-ring (bicyclic) bond motifs is 1. The number of nitrogens with one attached hydrogen (secondary N) is 1. The van der Waals surface area contributed by atoms with E-state index >= 15 is 0 Å². The third kappa shape index (κ3) is 8.39. The summed E-state index contributed by atoms with van der Waals surface area (Å²) in [6.07, 6.45) is -2.12. The highest BCUT2D eigenvalue weighted by atomic mass is 32.1. The van der Waals surface area contributed by atoms with Crippen molar-refractivity contribution in [3.63, 3.8) is 0 Å². The van der Waals surface area contributed by atoms with E-state index in [1.54, 1.807) is 22.8 Å². The molecule has 1 unspecified atom stereocenters. The molecule has 1 aliphatic rings. The van der Waals surface area contributed by atoms with Crippen LogP contribution in [0.15, 0.2) is 35.1 Å². The van der Waals surface area contributed by atoms with Crippen molar-refractivity contribution in [3.8, 4) is 11.8 Å². The van der Waals surface area contributed by atoms with Crippen molar-refractivity contribution in [1.82, 2.24) is 9.55 Å². The summed E-state index contributed by atoms with van der Waals surface area (Å²) < 4.78 is 59.3. The normalized spacial score (nSPS) is 16.2. The van der Waals surface area contributed by atoms with Crippen LogP contribution in [0.3, 0.4) is 0 Å². The van der Waals surface area contributed by atoms with Gasteiger partial charge in [0.15, 0.2) is 6.29 Å². The van der Waals surface area contributed by atoms with Gasteiger partial charge in [0, 0.05) is 27.0 Å². The summed E-state index contributed by atoms with van der Waals surface area (Å²) in [4.78, 5) is 16.2. The van der Waals surface area contributed by atoms with Crippen molar-refractivity contribution in [3.05, 3.63) is 51.3 Å². The van der Waals surface area contributed by atoms with E-state index in [9.17, 15) is 18.0 Å². The highest BCUT2D eigenvalue weighted by Gasteiger charge is 2.33. The van der Waals surface area contributed by atoms with Crippen molar-refractivity contribution in [2.45, 2.75) is 64.1 Å². The molecule has 0 radical (unpaired) electrons. The molecule has 1 aromatic carbocycles. The lowest BCUT2D eigenvalue weighted by atomic mass is 10.2. The molecule has 3 heterocycles. The predicted octanol–water partition coefficient (Wildman–Crippen LogP) is 6.43. The fraction of sp³-hybridized carbons (Fsp3) is 0.481. The summed E-state index contributed by atoms with van der Waals surface area (Å²) in [6, 6.07) is 8.32. The lowest BCUT2D eigenvalue weighted by Gasteiger charge is -2.21. The molecule has 39 heavy (non-hydrogen) atoms. The molecule has 1 atom stereocenters. The highest BCUT2D eigenvalue weighted by Crippen LogP contribution is 2.31. The number of anilines is 2. The van der Waals surface area contributed by atoms with Crippen LogP contribution < -0.4 is 10.2 Å². The lowest BCUT2D eigenvalue weighted by molar-refractivity contribution is -0.154. The second kappa shape index (κ2) is 12.7. The van der Waals surface area contributed by atoms with Crippen molar-refractivity contribution >= 4 is 41.1 Å². The smallest absolute Gasteiger partial charge is 0.361 e. The maximum absolute atomic E-state index is 13.4. The number of thiazole rings is 1. The number of benzene rings is 1. The number of alkyl halides is 3. The fourth-order valence-corrected chi connectivity index (χ4v) is 5.53.